The van der Waals surface area contributed by atoms with E-state index >= 15 is 0 Å². The molecule has 2 aromatic carbocycles. The molecule has 0 bridgehead atoms. The molecule has 7 nitrogen and oxygen atoms in total. The van der Waals surface area contributed by atoms with Gasteiger partial charge in [-0.2, -0.15) is 13.2 Å². The zero-order chi connectivity index (χ0) is 29.7. The Hall–Kier alpha value is -2.57. The van der Waals surface area contributed by atoms with E-state index in [1.807, 2.05) is 20.1 Å². The van der Waals surface area contributed by atoms with E-state index < -0.39 is 45.5 Å². The van der Waals surface area contributed by atoms with Crippen molar-refractivity contribution >= 4 is 33.4 Å². The number of hydrogen-bond acceptors (Lipinski definition) is 6. The van der Waals surface area contributed by atoms with Crippen LogP contribution in [0.4, 0.5) is 13.2 Å². The van der Waals surface area contributed by atoms with Gasteiger partial charge in [0, 0.05) is 28.6 Å². The third-order valence-corrected chi connectivity index (χ3v) is 9.53. The van der Waals surface area contributed by atoms with Gasteiger partial charge < -0.3 is 16.0 Å². The fourth-order valence-corrected chi connectivity index (χ4v) is 7.00. The number of amides is 2. The number of thioether (sulfide) groups is 1. The highest BCUT2D eigenvalue weighted by Crippen LogP contribution is 2.30. The molecular weight excluding hydrogens is 563 g/mol. The highest BCUT2D eigenvalue weighted by molar-refractivity contribution is 7.98. The molecule has 3 rings (SSSR count). The van der Waals surface area contributed by atoms with E-state index in [1.165, 1.54) is 24.8 Å². The SMILES string of the molecule is CSc1ccc(S(=O)(=O)CC2CC(NC(C)C)CCC2NC(=O)C(C)NC(=O)c2cccc(C(F)(F)F)c2)cc1. The molecule has 40 heavy (non-hydrogen) atoms. The number of alkyl halides is 3. The molecule has 1 fully saturated rings. The van der Waals surface area contributed by atoms with Crippen molar-refractivity contribution in [2.75, 3.05) is 12.0 Å². The molecule has 0 aliphatic heterocycles. The molecule has 0 spiro atoms. The maximum atomic E-state index is 13.3. The summed E-state index contributed by atoms with van der Waals surface area (Å²) in [4.78, 5) is 26.8. The summed E-state index contributed by atoms with van der Waals surface area (Å²) in [5.41, 5.74) is -1.18. The number of nitrogens with one attached hydrogen (secondary N) is 3. The predicted molar refractivity (Wildman–Crippen MR) is 150 cm³/mol. The second-order valence-electron chi connectivity index (χ2n) is 10.4. The van der Waals surface area contributed by atoms with Gasteiger partial charge in [0.05, 0.1) is 16.2 Å². The molecule has 220 valence electrons. The second-order valence-corrected chi connectivity index (χ2v) is 13.4. The van der Waals surface area contributed by atoms with Gasteiger partial charge in [0.25, 0.3) is 5.91 Å². The van der Waals surface area contributed by atoms with E-state index in [0.717, 1.165) is 29.5 Å². The molecule has 0 heterocycles. The Bertz CT molecular complexity index is 1280. The Labute approximate surface area is 238 Å². The van der Waals surface area contributed by atoms with Crippen LogP contribution in [0.1, 0.15) is 56.0 Å². The topological polar surface area (TPSA) is 104 Å². The van der Waals surface area contributed by atoms with Crippen LogP contribution in [0.15, 0.2) is 58.3 Å². The van der Waals surface area contributed by atoms with Gasteiger partial charge in [-0.15, -0.1) is 11.8 Å². The van der Waals surface area contributed by atoms with E-state index in [9.17, 15) is 31.2 Å². The molecular formula is C28H36F3N3O4S2. The summed E-state index contributed by atoms with van der Waals surface area (Å²) < 4.78 is 65.7. The first-order chi connectivity index (χ1) is 18.7. The molecule has 4 atom stereocenters. The Balaban J connectivity index is 1.72. The Kier molecular flexibility index (Phi) is 10.7. The van der Waals surface area contributed by atoms with Crippen molar-refractivity contribution in [1.29, 1.82) is 0 Å². The van der Waals surface area contributed by atoms with E-state index in [-0.39, 0.29) is 34.2 Å². The third-order valence-electron chi connectivity index (χ3n) is 6.92. The quantitative estimate of drug-likeness (QED) is 0.343. The summed E-state index contributed by atoms with van der Waals surface area (Å²) in [6.07, 6.45) is -0.891. The van der Waals surface area contributed by atoms with Crippen LogP contribution in [0.3, 0.4) is 0 Å². The molecule has 2 amide bonds. The van der Waals surface area contributed by atoms with E-state index in [0.29, 0.717) is 12.8 Å². The molecule has 0 saturated heterocycles. The van der Waals surface area contributed by atoms with Crippen LogP contribution in [-0.4, -0.2) is 56.4 Å². The molecule has 0 aromatic heterocycles. The smallest absolute Gasteiger partial charge is 0.351 e. The predicted octanol–water partition coefficient (Wildman–Crippen LogP) is 4.67. The van der Waals surface area contributed by atoms with Crippen LogP contribution in [0.25, 0.3) is 0 Å². The van der Waals surface area contributed by atoms with E-state index in [4.69, 9.17) is 0 Å². The van der Waals surface area contributed by atoms with Gasteiger partial charge in [-0.05, 0) is 80.8 Å². The molecule has 12 heteroatoms. The summed E-state index contributed by atoms with van der Waals surface area (Å²) in [7, 11) is -3.65. The van der Waals surface area contributed by atoms with Crippen molar-refractivity contribution < 1.29 is 31.2 Å². The molecule has 4 unspecified atom stereocenters. The zero-order valence-electron chi connectivity index (χ0n) is 22.9. The minimum absolute atomic E-state index is 0.0882. The molecule has 0 radical (unpaired) electrons. The fraction of sp³-hybridized carbons (Fsp3) is 0.500. The average Bonchev–Trinajstić information content (AvgIpc) is 2.89. The Morgan fingerprint density at radius 1 is 1.05 bits per heavy atom. The van der Waals surface area contributed by atoms with E-state index in [1.54, 1.807) is 24.3 Å². The van der Waals surface area contributed by atoms with Crippen molar-refractivity contribution in [2.24, 2.45) is 5.92 Å². The average molecular weight is 600 g/mol. The first-order valence-electron chi connectivity index (χ1n) is 13.1. The van der Waals surface area contributed by atoms with Crippen molar-refractivity contribution in [3.05, 3.63) is 59.7 Å². The van der Waals surface area contributed by atoms with Crippen molar-refractivity contribution in [1.82, 2.24) is 16.0 Å². The highest BCUT2D eigenvalue weighted by atomic mass is 32.2. The number of hydrogen-bond donors (Lipinski definition) is 3. The van der Waals surface area contributed by atoms with Gasteiger partial charge in [-0.25, -0.2) is 8.42 Å². The first kappa shape index (κ1) is 32.0. The molecule has 2 aromatic rings. The van der Waals surface area contributed by atoms with Crippen LogP contribution in [0.5, 0.6) is 0 Å². The lowest BCUT2D eigenvalue weighted by molar-refractivity contribution is -0.137. The zero-order valence-corrected chi connectivity index (χ0v) is 24.6. The maximum absolute atomic E-state index is 13.3. The van der Waals surface area contributed by atoms with Crippen LogP contribution in [0.2, 0.25) is 0 Å². The highest BCUT2D eigenvalue weighted by Gasteiger charge is 2.36. The lowest BCUT2D eigenvalue weighted by Gasteiger charge is -2.38. The molecule has 1 aliphatic rings. The minimum atomic E-state index is -4.60. The fourth-order valence-electron chi connectivity index (χ4n) is 4.91. The summed E-state index contributed by atoms with van der Waals surface area (Å²) in [5.74, 6) is -1.89. The normalized spacial score (nSPS) is 20.6. The van der Waals surface area contributed by atoms with Crippen molar-refractivity contribution in [2.45, 2.75) is 80.2 Å². The number of benzene rings is 2. The van der Waals surface area contributed by atoms with Crippen LogP contribution >= 0.6 is 11.8 Å². The summed E-state index contributed by atoms with van der Waals surface area (Å²) in [6.45, 7) is 5.47. The van der Waals surface area contributed by atoms with Gasteiger partial charge in [0.15, 0.2) is 9.84 Å². The summed E-state index contributed by atoms with van der Waals surface area (Å²) in [6, 6.07) is 9.46. The Morgan fingerprint density at radius 3 is 2.33 bits per heavy atom. The molecule has 3 N–H and O–H groups in total. The number of sulfone groups is 1. The molecule has 1 saturated carbocycles. The van der Waals surface area contributed by atoms with Gasteiger partial charge in [0.1, 0.15) is 6.04 Å². The lowest BCUT2D eigenvalue weighted by Crippen LogP contribution is -2.54. The van der Waals surface area contributed by atoms with Crippen molar-refractivity contribution in [3.8, 4) is 0 Å². The third kappa shape index (κ3) is 8.71. The van der Waals surface area contributed by atoms with Crippen LogP contribution in [-0.2, 0) is 20.8 Å². The first-order valence-corrected chi connectivity index (χ1v) is 16.0. The van der Waals surface area contributed by atoms with Gasteiger partial charge in [-0.1, -0.05) is 19.9 Å². The largest absolute Gasteiger partial charge is 0.416 e. The molecule has 1 aliphatic carbocycles. The number of halogens is 3. The lowest BCUT2D eigenvalue weighted by atomic mass is 9.82. The van der Waals surface area contributed by atoms with Crippen LogP contribution < -0.4 is 16.0 Å². The summed E-state index contributed by atoms with van der Waals surface area (Å²) in [5, 5.41) is 8.81. The van der Waals surface area contributed by atoms with Gasteiger partial charge >= 0.3 is 6.18 Å². The second kappa shape index (κ2) is 13.4. The van der Waals surface area contributed by atoms with Gasteiger partial charge in [0.2, 0.25) is 5.91 Å². The van der Waals surface area contributed by atoms with Crippen LogP contribution in [0, 0.1) is 5.92 Å². The number of rotatable bonds is 10. The monoisotopic (exact) mass is 599 g/mol. The van der Waals surface area contributed by atoms with Gasteiger partial charge in [-0.3, -0.25) is 9.59 Å². The minimum Gasteiger partial charge on any atom is -0.351 e. The van der Waals surface area contributed by atoms with E-state index in [2.05, 4.69) is 16.0 Å². The number of carbonyl (C=O) groups is 2. The Morgan fingerprint density at radius 2 is 1.73 bits per heavy atom. The summed E-state index contributed by atoms with van der Waals surface area (Å²) >= 11 is 1.51. The standard InChI is InChI=1S/C28H36F3N3O4S2/c1-17(2)32-22-8-13-25(20(15-22)16-40(37,38)24-11-9-23(39-4)10-12-24)34-26(35)18(3)33-27(36)19-6-5-7-21(14-19)28(29,30)31/h5-7,9-12,14,17-18,20,22,25,32H,8,13,15-16H2,1-4H3,(H,33,36)(H,34,35). The van der Waals surface area contributed by atoms with Crippen molar-refractivity contribution in [3.63, 3.8) is 0 Å². The number of carbonyl (C=O) groups excluding carboxylic acids is 2. The maximum Gasteiger partial charge on any atom is 0.416 e.